The number of nitrogens with zero attached hydrogens (tertiary/aromatic N) is 1. The molecule has 1 heterocycles. The summed E-state index contributed by atoms with van der Waals surface area (Å²) in [7, 11) is 0. The third-order valence-corrected chi connectivity index (χ3v) is 4.20. The molecule has 0 spiro atoms. The van der Waals surface area contributed by atoms with E-state index >= 15 is 0 Å². The smallest absolute Gasteiger partial charge is 0.419 e. The first-order valence-corrected chi connectivity index (χ1v) is 8.69. The Kier molecular flexibility index (Phi) is 6.37. The number of aromatic nitrogens is 1. The lowest BCUT2D eigenvalue weighted by Gasteiger charge is -2.24. The summed E-state index contributed by atoms with van der Waals surface area (Å²) in [6.07, 6.45) is -2.90. The van der Waals surface area contributed by atoms with Gasteiger partial charge in [-0.25, -0.2) is 4.98 Å². The Hall–Kier alpha value is -1.86. The van der Waals surface area contributed by atoms with Crippen molar-refractivity contribution in [2.45, 2.75) is 38.9 Å². The molecule has 0 aliphatic heterocycles. The van der Waals surface area contributed by atoms with Crippen LogP contribution in [0.4, 0.5) is 17.6 Å². The summed E-state index contributed by atoms with van der Waals surface area (Å²) in [5.74, 6) is -1.27. The van der Waals surface area contributed by atoms with E-state index < -0.39 is 23.2 Å². The first-order valence-electron chi connectivity index (χ1n) is 8.32. The number of halogens is 5. The fraction of sp³-hybridized carbons (Fsp3) is 0.421. The van der Waals surface area contributed by atoms with Crippen molar-refractivity contribution in [3.05, 3.63) is 47.0 Å². The second-order valence-electron chi connectivity index (χ2n) is 7.28. The maximum Gasteiger partial charge on any atom is 0.419 e. The summed E-state index contributed by atoms with van der Waals surface area (Å²) in [6, 6.07) is 4.87. The number of benzene rings is 1. The van der Waals surface area contributed by atoms with Crippen LogP contribution in [0.5, 0.6) is 5.75 Å². The molecule has 1 aromatic heterocycles. The number of hydrogen-bond acceptors (Lipinski definition) is 3. The largest absolute Gasteiger partial charge is 0.493 e. The molecule has 1 unspecified atom stereocenters. The molecule has 0 aliphatic carbocycles. The van der Waals surface area contributed by atoms with E-state index in [0.717, 1.165) is 12.3 Å². The third kappa shape index (κ3) is 5.81. The van der Waals surface area contributed by atoms with Crippen molar-refractivity contribution in [2.24, 2.45) is 11.7 Å². The van der Waals surface area contributed by atoms with Crippen molar-refractivity contribution < 1.29 is 22.3 Å². The van der Waals surface area contributed by atoms with Gasteiger partial charge in [0.25, 0.3) is 0 Å². The van der Waals surface area contributed by atoms with Gasteiger partial charge >= 0.3 is 6.18 Å². The van der Waals surface area contributed by atoms with Crippen LogP contribution in [0.3, 0.4) is 0 Å². The van der Waals surface area contributed by atoms with Gasteiger partial charge in [0.05, 0.1) is 12.2 Å². The predicted molar refractivity (Wildman–Crippen MR) is 97.2 cm³/mol. The van der Waals surface area contributed by atoms with Crippen LogP contribution in [0.15, 0.2) is 30.5 Å². The normalized spacial score (nSPS) is 13.5. The Morgan fingerprint density at radius 2 is 1.89 bits per heavy atom. The van der Waals surface area contributed by atoms with Crippen LogP contribution in [-0.4, -0.2) is 17.1 Å². The van der Waals surface area contributed by atoms with Crippen molar-refractivity contribution in [1.82, 2.24) is 4.98 Å². The van der Waals surface area contributed by atoms with Gasteiger partial charge in [-0.1, -0.05) is 24.6 Å². The zero-order valence-corrected chi connectivity index (χ0v) is 16.0. The lowest BCUT2D eigenvalue weighted by atomic mass is 9.93. The molecule has 0 aliphatic rings. The molecule has 27 heavy (non-hydrogen) atoms. The number of ether oxygens (including phenoxy) is 1. The minimum atomic E-state index is -4.64. The SMILES string of the molecule is CC(COc1ccc(-c2ccnc(F)c2Cl)cc1C(F)(F)F)CC(C)(C)N. The molecule has 0 radical (unpaired) electrons. The van der Waals surface area contributed by atoms with Gasteiger partial charge in [0.2, 0.25) is 5.95 Å². The Balaban J connectivity index is 2.33. The van der Waals surface area contributed by atoms with Gasteiger partial charge in [-0.3, -0.25) is 0 Å². The molecule has 1 aromatic carbocycles. The fourth-order valence-electron chi connectivity index (χ4n) is 2.88. The summed E-state index contributed by atoms with van der Waals surface area (Å²) in [4.78, 5) is 3.38. The summed E-state index contributed by atoms with van der Waals surface area (Å²) >= 11 is 5.84. The molecule has 8 heteroatoms. The number of alkyl halides is 3. The summed E-state index contributed by atoms with van der Waals surface area (Å²) in [5, 5.41) is -0.335. The monoisotopic (exact) mass is 404 g/mol. The van der Waals surface area contributed by atoms with Crippen LogP contribution >= 0.6 is 11.6 Å². The van der Waals surface area contributed by atoms with Gasteiger partial charge in [-0.15, -0.1) is 0 Å². The second kappa shape index (κ2) is 8.02. The molecule has 2 N–H and O–H groups in total. The highest BCUT2D eigenvalue weighted by molar-refractivity contribution is 6.33. The Morgan fingerprint density at radius 3 is 2.48 bits per heavy atom. The van der Waals surface area contributed by atoms with Crippen molar-refractivity contribution in [2.75, 3.05) is 6.61 Å². The third-order valence-electron chi connectivity index (χ3n) is 3.84. The first-order chi connectivity index (χ1) is 12.4. The lowest BCUT2D eigenvalue weighted by molar-refractivity contribution is -0.139. The minimum Gasteiger partial charge on any atom is -0.493 e. The predicted octanol–water partition coefficient (Wildman–Crippen LogP) is 5.70. The van der Waals surface area contributed by atoms with Gasteiger partial charge in [-0.2, -0.15) is 17.6 Å². The highest BCUT2D eigenvalue weighted by atomic mass is 35.5. The molecular weight excluding hydrogens is 384 g/mol. The van der Waals surface area contributed by atoms with E-state index in [9.17, 15) is 17.6 Å². The van der Waals surface area contributed by atoms with Gasteiger partial charge in [0.1, 0.15) is 10.8 Å². The topological polar surface area (TPSA) is 48.1 Å². The zero-order chi connectivity index (χ0) is 20.4. The number of nitrogens with two attached hydrogens (primary N) is 1. The van der Waals surface area contributed by atoms with E-state index in [-0.39, 0.29) is 34.4 Å². The molecule has 3 nitrogen and oxygen atoms in total. The van der Waals surface area contributed by atoms with Crippen LogP contribution in [-0.2, 0) is 6.18 Å². The van der Waals surface area contributed by atoms with Gasteiger partial charge < -0.3 is 10.5 Å². The second-order valence-corrected chi connectivity index (χ2v) is 7.66. The Labute approximate surface area is 160 Å². The number of pyridine rings is 1. The Bertz CT molecular complexity index is 803. The van der Waals surface area contributed by atoms with Crippen LogP contribution in [0.1, 0.15) is 32.8 Å². The molecule has 2 aromatic rings. The van der Waals surface area contributed by atoms with Crippen molar-refractivity contribution in [3.8, 4) is 16.9 Å². The number of rotatable bonds is 6. The van der Waals surface area contributed by atoms with Gasteiger partial charge in [0.15, 0.2) is 0 Å². The molecule has 0 saturated heterocycles. The average Bonchev–Trinajstić information content (AvgIpc) is 2.53. The quantitative estimate of drug-likeness (QED) is 0.496. The molecule has 2 rings (SSSR count). The fourth-order valence-corrected chi connectivity index (χ4v) is 3.10. The van der Waals surface area contributed by atoms with Crippen molar-refractivity contribution in [3.63, 3.8) is 0 Å². The maximum absolute atomic E-state index is 13.5. The molecule has 0 bridgehead atoms. The molecule has 0 fully saturated rings. The molecule has 148 valence electrons. The highest BCUT2D eigenvalue weighted by Crippen LogP contribution is 2.40. The van der Waals surface area contributed by atoms with E-state index in [0.29, 0.717) is 6.42 Å². The van der Waals surface area contributed by atoms with Crippen LogP contribution in [0.2, 0.25) is 5.02 Å². The highest BCUT2D eigenvalue weighted by Gasteiger charge is 2.35. The lowest BCUT2D eigenvalue weighted by Crippen LogP contribution is -2.35. The van der Waals surface area contributed by atoms with Crippen LogP contribution < -0.4 is 10.5 Å². The first kappa shape index (κ1) is 21.4. The Morgan fingerprint density at radius 1 is 1.22 bits per heavy atom. The van der Waals surface area contributed by atoms with Gasteiger partial charge in [0, 0.05) is 17.3 Å². The summed E-state index contributed by atoms with van der Waals surface area (Å²) in [5.41, 5.74) is 4.78. The van der Waals surface area contributed by atoms with Crippen molar-refractivity contribution >= 4 is 11.6 Å². The van der Waals surface area contributed by atoms with E-state index in [1.54, 1.807) is 0 Å². The molecule has 0 saturated carbocycles. The minimum absolute atomic E-state index is 0.0329. The van der Waals surface area contributed by atoms with Crippen molar-refractivity contribution in [1.29, 1.82) is 0 Å². The maximum atomic E-state index is 13.5. The average molecular weight is 405 g/mol. The zero-order valence-electron chi connectivity index (χ0n) is 15.2. The van der Waals surface area contributed by atoms with Crippen LogP contribution in [0.25, 0.3) is 11.1 Å². The molecule has 1 atom stereocenters. The van der Waals surface area contributed by atoms with Gasteiger partial charge in [-0.05, 0) is 49.9 Å². The van der Waals surface area contributed by atoms with E-state index in [4.69, 9.17) is 22.1 Å². The standard InChI is InChI=1S/C19H21ClF4N2O/c1-11(9-18(2,3)25)10-27-15-5-4-12(8-14(15)19(22,23)24)13-6-7-26-17(21)16(13)20/h4-8,11H,9-10,25H2,1-3H3. The van der Waals surface area contributed by atoms with E-state index in [2.05, 4.69) is 4.98 Å². The number of hydrogen-bond donors (Lipinski definition) is 1. The van der Waals surface area contributed by atoms with E-state index in [1.165, 1.54) is 18.2 Å². The molecule has 0 amide bonds. The molecular formula is C19H21ClF4N2O. The van der Waals surface area contributed by atoms with Crippen LogP contribution in [0, 0.1) is 11.9 Å². The van der Waals surface area contributed by atoms with E-state index in [1.807, 2.05) is 20.8 Å². The summed E-state index contributed by atoms with van der Waals surface area (Å²) < 4.78 is 59.4. The summed E-state index contributed by atoms with van der Waals surface area (Å²) in [6.45, 7) is 5.64.